The third kappa shape index (κ3) is 3.55. The van der Waals surface area contributed by atoms with Crippen molar-refractivity contribution < 1.29 is 22.7 Å². The lowest BCUT2D eigenvalue weighted by Crippen LogP contribution is -2.44. The fourth-order valence-electron chi connectivity index (χ4n) is 2.11. The van der Waals surface area contributed by atoms with E-state index in [1.54, 1.807) is 0 Å². The number of hydrogen-bond acceptors (Lipinski definition) is 2. The second-order valence-corrected chi connectivity index (χ2v) is 4.66. The number of alkyl halides is 3. The van der Waals surface area contributed by atoms with Gasteiger partial charge >= 0.3 is 12.2 Å². The van der Waals surface area contributed by atoms with Crippen LogP contribution >= 0.6 is 0 Å². The zero-order valence-electron chi connectivity index (χ0n) is 10.7. The minimum Gasteiger partial charge on any atom is -0.490 e. The molecular formula is C13H15F3N2O2. The van der Waals surface area contributed by atoms with Gasteiger partial charge in [-0.25, -0.2) is 4.79 Å². The second kappa shape index (κ2) is 5.60. The molecule has 1 aromatic carbocycles. The predicted octanol–water partition coefficient (Wildman–Crippen LogP) is 2.63. The number of benzene rings is 1. The molecule has 0 aliphatic carbocycles. The molecule has 0 radical (unpaired) electrons. The highest BCUT2D eigenvalue weighted by Crippen LogP contribution is 2.30. The average molecular weight is 288 g/mol. The third-order valence-corrected chi connectivity index (χ3v) is 3.24. The van der Waals surface area contributed by atoms with Crippen molar-refractivity contribution >= 4 is 6.03 Å². The summed E-state index contributed by atoms with van der Waals surface area (Å²) in [6, 6.07) is 4.15. The summed E-state index contributed by atoms with van der Waals surface area (Å²) in [4.78, 5) is 12.5. The molecule has 1 aliphatic rings. The molecular weight excluding hydrogens is 273 g/mol. The molecule has 1 aliphatic heterocycles. The first-order valence-electron chi connectivity index (χ1n) is 6.24. The topological polar surface area (TPSA) is 55.6 Å². The van der Waals surface area contributed by atoms with Gasteiger partial charge in [-0.2, -0.15) is 13.2 Å². The lowest BCUT2D eigenvalue weighted by molar-refractivity contribution is -0.137. The molecule has 20 heavy (non-hydrogen) atoms. The van der Waals surface area contributed by atoms with Crippen LogP contribution in [0.5, 0.6) is 5.75 Å². The van der Waals surface area contributed by atoms with E-state index in [4.69, 9.17) is 10.5 Å². The van der Waals surface area contributed by atoms with Gasteiger partial charge in [-0.15, -0.1) is 0 Å². The predicted molar refractivity (Wildman–Crippen MR) is 66.3 cm³/mol. The van der Waals surface area contributed by atoms with Gasteiger partial charge in [-0.3, -0.25) is 0 Å². The minimum absolute atomic E-state index is 0.109. The molecule has 1 heterocycles. The van der Waals surface area contributed by atoms with E-state index in [1.165, 1.54) is 17.0 Å². The number of urea groups is 1. The maximum absolute atomic E-state index is 12.4. The highest BCUT2D eigenvalue weighted by Gasteiger charge is 2.30. The van der Waals surface area contributed by atoms with E-state index in [9.17, 15) is 18.0 Å². The van der Waals surface area contributed by atoms with Crippen LogP contribution in [0, 0.1) is 0 Å². The fraction of sp³-hybridized carbons (Fsp3) is 0.462. The molecule has 4 nitrogen and oxygen atoms in total. The molecule has 1 fully saturated rings. The number of nitrogens with two attached hydrogens (primary N) is 1. The Balaban J connectivity index is 1.90. The number of halogens is 3. The van der Waals surface area contributed by atoms with Gasteiger partial charge in [-0.05, 0) is 24.3 Å². The molecule has 0 unspecified atom stereocenters. The van der Waals surface area contributed by atoms with Crippen molar-refractivity contribution in [2.24, 2.45) is 5.73 Å². The van der Waals surface area contributed by atoms with Crippen molar-refractivity contribution in [3.63, 3.8) is 0 Å². The third-order valence-electron chi connectivity index (χ3n) is 3.24. The molecule has 0 spiro atoms. The Hall–Kier alpha value is -1.92. The summed E-state index contributed by atoms with van der Waals surface area (Å²) in [5.41, 5.74) is 4.46. The van der Waals surface area contributed by atoms with Crippen LogP contribution in [0.4, 0.5) is 18.0 Å². The maximum atomic E-state index is 12.4. The molecule has 1 saturated heterocycles. The highest BCUT2D eigenvalue weighted by molar-refractivity contribution is 5.72. The summed E-state index contributed by atoms with van der Waals surface area (Å²) >= 11 is 0. The quantitative estimate of drug-likeness (QED) is 0.909. The van der Waals surface area contributed by atoms with Gasteiger partial charge in [0.1, 0.15) is 11.9 Å². The van der Waals surface area contributed by atoms with E-state index in [-0.39, 0.29) is 6.10 Å². The number of ether oxygens (including phenoxy) is 1. The number of nitrogens with zero attached hydrogens (tertiary/aromatic N) is 1. The number of carbonyl (C=O) groups is 1. The summed E-state index contributed by atoms with van der Waals surface area (Å²) in [7, 11) is 0. The number of hydrogen-bond donors (Lipinski definition) is 1. The molecule has 2 N–H and O–H groups in total. The number of rotatable bonds is 2. The van der Waals surface area contributed by atoms with Gasteiger partial charge in [0, 0.05) is 25.9 Å². The number of piperidine rings is 1. The molecule has 0 saturated carbocycles. The van der Waals surface area contributed by atoms with Crippen molar-refractivity contribution in [3.05, 3.63) is 29.8 Å². The molecule has 2 amide bonds. The maximum Gasteiger partial charge on any atom is 0.416 e. The highest BCUT2D eigenvalue weighted by atomic mass is 19.4. The SMILES string of the molecule is NC(=O)N1CCC(Oc2ccc(C(F)(F)F)cc2)CC1. The molecule has 110 valence electrons. The first-order chi connectivity index (χ1) is 9.36. The Morgan fingerprint density at radius 3 is 2.20 bits per heavy atom. The summed E-state index contributed by atoms with van der Waals surface area (Å²) < 4.78 is 42.8. The second-order valence-electron chi connectivity index (χ2n) is 4.66. The van der Waals surface area contributed by atoms with Crippen molar-refractivity contribution in [2.75, 3.05) is 13.1 Å². The number of primary amides is 1. The molecule has 1 aromatic rings. The normalized spacial score (nSPS) is 17.1. The Morgan fingerprint density at radius 1 is 1.20 bits per heavy atom. The van der Waals surface area contributed by atoms with Gasteiger partial charge in [0.2, 0.25) is 0 Å². The summed E-state index contributed by atoms with van der Waals surface area (Å²) in [5.74, 6) is 0.399. The standard InChI is InChI=1S/C13H15F3N2O2/c14-13(15,16)9-1-3-10(4-2-9)20-11-5-7-18(8-6-11)12(17)19/h1-4,11H,5-8H2,(H2,17,19). The van der Waals surface area contributed by atoms with Gasteiger partial charge in [0.25, 0.3) is 0 Å². The molecule has 0 aromatic heterocycles. The van der Waals surface area contributed by atoms with Crippen molar-refractivity contribution in [1.29, 1.82) is 0 Å². The van der Waals surface area contributed by atoms with E-state index in [1.807, 2.05) is 0 Å². The van der Waals surface area contributed by atoms with E-state index in [2.05, 4.69) is 0 Å². The zero-order valence-corrected chi connectivity index (χ0v) is 10.7. The van der Waals surface area contributed by atoms with E-state index < -0.39 is 17.8 Å². The Kier molecular flexibility index (Phi) is 4.06. The van der Waals surface area contributed by atoms with Gasteiger partial charge in [0.05, 0.1) is 5.56 Å². The summed E-state index contributed by atoms with van der Waals surface area (Å²) in [6.45, 7) is 1.00. The summed E-state index contributed by atoms with van der Waals surface area (Å²) in [6.07, 6.45) is -3.22. The van der Waals surface area contributed by atoms with Crippen molar-refractivity contribution in [2.45, 2.75) is 25.1 Å². The van der Waals surface area contributed by atoms with Crippen LogP contribution in [-0.2, 0) is 6.18 Å². The monoisotopic (exact) mass is 288 g/mol. The zero-order chi connectivity index (χ0) is 14.8. The lowest BCUT2D eigenvalue weighted by atomic mass is 10.1. The molecule has 7 heteroatoms. The van der Waals surface area contributed by atoms with Gasteiger partial charge < -0.3 is 15.4 Å². The van der Waals surface area contributed by atoms with Crippen LogP contribution in [0.1, 0.15) is 18.4 Å². The van der Waals surface area contributed by atoms with Crippen LogP contribution in [0.3, 0.4) is 0 Å². The molecule has 0 bridgehead atoms. The van der Waals surface area contributed by atoms with Crippen LogP contribution < -0.4 is 10.5 Å². The van der Waals surface area contributed by atoms with E-state index >= 15 is 0 Å². The van der Waals surface area contributed by atoms with Crippen LogP contribution in [0.2, 0.25) is 0 Å². The van der Waals surface area contributed by atoms with Crippen LogP contribution in [-0.4, -0.2) is 30.1 Å². The number of carbonyl (C=O) groups excluding carboxylic acids is 1. The first-order valence-corrected chi connectivity index (χ1v) is 6.24. The summed E-state index contributed by atoms with van der Waals surface area (Å²) in [5, 5.41) is 0. The molecule has 2 rings (SSSR count). The van der Waals surface area contributed by atoms with Gasteiger partial charge in [-0.1, -0.05) is 0 Å². The first kappa shape index (κ1) is 14.5. The Morgan fingerprint density at radius 2 is 1.75 bits per heavy atom. The minimum atomic E-state index is -4.34. The number of amides is 2. The van der Waals surface area contributed by atoms with E-state index in [0.29, 0.717) is 31.7 Å². The Bertz CT molecular complexity index is 465. The van der Waals surface area contributed by atoms with Gasteiger partial charge in [0.15, 0.2) is 0 Å². The lowest BCUT2D eigenvalue weighted by Gasteiger charge is -2.31. The van der Waals surface area contributed by atoms with Crippen LogP contribution in [0.15, 0.2) is 24.3 Å². The largest absolute Gasteiger partial charge is 0.490 e. The van der Waals surface area contributed by atoms with Crippen LogP contribution in [0.25, 0.3) is 0 Å². The Labute approximate surface area is 114 Å². The average Bonchev–Trinajstić information content (AvgIpc) is 2.39. The molecule has 0 atom stereocenters. The van der Waals surface area contributed by atoms with E-state index in [0.717, 1.165) is 12.1 Å². The smallest absolute Gasteiger partial charge is 0.416 e. The fourth-order valence-corrected chi connectivity index (χ4v) is 2.11. The van der Waals surface area contributed by atoms with Crippen molar-refractivity contribution in [3.8, 4) is 5.75 Å². The van der Waals surface area contributed by atoms with Crippen molar-refractivity contribution in [1.82, 2.24) is 4.90 Å². The number of likely N-dealkylation sites (tertiary alicyclic amines) is 1.